The van der Waals surface area contributed by atoms with Gasteiger partial charge >= 0.3 is 33.6 Å². The maximum absolute atomic E-state index is 13.1. The van der Waals surface area contributed by atoms with E-state index in [0.29, 0.717) is 19.3 Å². The Bertz CT molecular complexity index is 2830. The average molecular weight is 1730 g/mol. The SMILES string of the molecule is CC/C=C\C/C=C\C/C=C\C/C=C\C/C=C\CCCCCCCCCC(=O)OC(COC(=O)CCCCCCCCCCCCCCC/C=C\C/C=C\C/C=C\C/C=C\CCCCC)COP(=O)(O)OCC(O)COP(=O)(O)OCC(O)COC(=O)CCCCCCCCCCCCCCCCCCC/C=C\C/C=C\C/C=C\C/C=C\CCCCC. The standard InChI is InChI=1S/C103H178O16P2/c1-4-7-10-13-16-19-22-25-28-31-34-37-40-42-44-46-47-48-49-51-53-54-57-59-62-65-68-71-74-77-80-83-86-89-101(106)113-92-98(104)93-115-120(109,110)116-94-99(105)95-117-121(111,112)118-97-100(119-103(108)91-88-85-82-79-76-73-70-67-64-61-56-39-36-33-30-27-24-21-18-15-12-9-6-3)96-114-102(107)90-87-84-81-78-75-72-69-66-63-60-58-55-52-50-45-43-41-38-35-32-29-26-23-20-17-14-11-8-5-2/h9,12,16-21,25-30,34-39,42-45,61,64,98-100,104-105H,4-8,10-11,13-15,22-24,31-33,40-41,46-60,62-63,65-97H2,1-3H3,(H,109,110)(H,111,112)/b12-9-,19-16-,20-17-,21-18-,28-25-,29-26-,30-27-,37-34-,38-35-,39-36-,44-42-,45-43-,64-61-. The molecule has 0 rings (SSSR count). The highest BCUT2D eigenvalue weighted by Gasteiger charge is 2.30. The van der Waals surface area contributed by atoms with E-state index in [9.17, 15) is 43.5 Å². The summed E-state index contributed by atoms with van der Waals surface area (Å²) in [6, 6.07) is 0. The molecule has 0 saturated heterocycles. The van der Waals surface area contributed by atoms with Crippen molar-refractivity contribution in [3.63, 3.8) is 0 Å². The van der Waals surface area contributed by atoms with E-state index < -0.39 is 91.5 Å². The van der Waals surface area contributed by atoms with Gasteiger partial charge in [0.15, 0.2) is 6.10 Å². The molecule has 0 aliphatic carbocycles. The maximum atomic E-state index is 13.1. The van der Waals surface area contributed by atoms with Crippen LogP contribution in [0.15, 0.2) is 158 Å². The molecule has 121 heavy (non-hydrogen) atoms. The van der Waals surface area contributed by atoms with Crippen molar-refractivity contribution in [3.05, 3.63) is 158 Å². The quantitative estimate of drug-likeness (QED) is 0.0146. The monoisotopic (exact) mass is 1730 g/mol. The van der Waals surface area contributed by atoms with Gasteiger partial charge in [-0.05, 0) is 154 Å². The first-order valence-corrected chi connectivity index (χ1v) is 51.8. The van der Waals surface area contributed by atoms with Crippen molar-refractivity contribution in [2.75, 3.05) is 39.6 Å². The lowest BCUT2D eigenvalue weighted by molar-refractivity contribution is -0.161. The molecule has 5 atom stereocenters. The fourth-order valence-corrected chi connectivity index (χ4v) is 14.9. The Labute approximate surface area is 740 Å². The highest BCUT2D eigenvalue weighted by molar-refractivity contribution is 7.47. The van der Waals surface area contributed by atoms with Gasteiger partial charge in [-0.25, -0.2) is 9.13 Å². The molecule has 0 amide bonds. The van der Waals surface area contributed by atoms with Crippen molar-refractivity contribution in [1.29, 1.82) is 0 Å². The van der Waals surface area contributed by atoms with Gasteiger partial charge in [-0.1, -0.05) is 403 Å². The van der Waals surface area contributed by atoms with Crippen LogP contribution >= 0.6 is 15.6 Å². The number of phosphoric ester groups is 2. The molecule has 4 N–H and O–H groups in total. The van der Waals surface area contributed by atoms with Crippen molar-refractivity contribution in [3.8, 4) is 0 Å². The van der Waals surface area contributed by atoms with E-state index in [1.54, 1.807) is 0 Å². The number of rotatable bonds is 92. The summed E-state index contributed by atoms with van der Waals surface area (Å²) in [5.74, 6) is -1.58. The Hall–Kier alpha value is -4.83. The number of esters is 3. The number of aliphatic hydroxyl groups is 2. The molecule has 0 radical (unpaired) electrons. The number of carbonyl (C=O) groups is 3. The number of hydrogen-bond donors (Lipinski definition) is 4. The van der Waals surface area contributed by atoms with Crippen LogP contribution in [0.4, 0.5) is 0 Å². The zero-order valence-electron chi connectivity index (χ0n) is 76.9. The number of allylic oxidation sites excluding steroid dienone is 26. The molecule has 0 aliphatic rings. The van der Waals surface area contributed by atoms with E-state index in [0.717, 1.165) is 167 Å². The van der Waals surface area contributed by atoms with E-state index in [1.165, 1.54) is 193 Å². The molecule has 16 nitrogen and oxygen atoms in total. The highest BCUT2D eigenvalue weighted by Crippen LogP contribution is 2.45. The van der Waals surface area contributed by atoms with E-state index in [-0.39, 0.29) is 19.3 Å². The summed E-state index contributed by atoms with van der Waals surface area (Å²) in [5.41, 5.74) is 0. The molecular weight excluding hydrogens is 1560 g/mol. The number of phosphoric acid groups is 2. The summed E-state index contributed by atoms with van der Waals surface area (Å²) in [6.07, 6.45) is 121. The van der Waals surface area contributed by atoms with Crippen molar-refractivity contribution in [2.45, 2.75) is 437 Å². The minimum Gasteiger partial charge on any atom is -0.463 e. The van der Waals surface area contributed by atoms with Crippen LogP contribution in [-0.4, -0.2) is 95.9 Å². The molecule has 0 spiro atoms. The summed E-state index contributed by atoms with van der Waals surface area (Å²) in [7, 11) is -9.82. The van der Waals surface area contributed by atoms with Crippen LogP contribution in [0.5, 0.6) is 0 Å². The van der Waals surface area contributed by atoms with E-state index in [2.05, 4.69) is 179 Å². The fourth-order valence-electron chi connectivity index (χ4n) is 13.3. The minimum atomic E-state index is -4.95. The molecule has 0 fully saturated rings. The van der Waals surface area contributed by atoms with Gasteiger partial charge in [-0.3, -0.25) is 32.5 Å². The van der Waals surface area contributed by atoms with Crippen molar-refractivity contribution >= 4 is 33.6 Å². The van der Waals surface area contributed by atoms with Crippen LogP contribution in [0, 0.1) is 0 Å². The Morgan fingerprint density at radius 3 is 0.694 bits per heavy atom. The number of unbranched alkanes of at least 4 members (excludes halogenated alkanes) is 43. The zero-order valence-corrected chi connectivity index (χ0v) is 78.7. The van der Waals surface area contributed by atoms with Gasteiger partial charge in [0.05, 0.1) is 26.4 Å². The normalized spacial score (nSPS) is 14.4. The van der Waals surface area contributed by atoms with Crippen molar-refractivity contribution in [2.24, 2.45) is 0 Å². The summed E-state index contributed by atoms with van der Waals surface area (Å²) in [5, 5.41) is 20.8. The van der Waals surface area contributed by atoms with Crippen LogP contribution in [0.1, 0.15) is 419 Å². The van der Waals surface area contributed by atoms with Gasteiger partial charge in [-0.2, -0.15) is 0 Å². The number of aliphatic hydroxyl groups excluding tert-OH is 2. The third kappa shape index (κ3) is 95.7. The van der Waals surface area contributed by atoms with Gasteiger partial charge in [0.25, 0.3) is 0 Å². The molecule has 5 unspecified atom stereocenters. The lowest BCUT2D eigenvalue weighted by Gasteiger charge is -2.21. The lowest BCUT2D eigenvalue weighted by atomic mass is 10.0. The average Bonchev–Trinajstić information content (AvgIpc) is 0.877. The number of ether oxygens (including phenoxy) is 3. The predicted octanol–water partition coefficient (Wildman–Crippen LogP) is 30.5. The number of carbonyl (C=O) groups excluding carboxylic acids is 3. The second-order valence-corrected chi connectivity index (χ2v) is 35.4. The van der Waals surface area contributed by atoms with E-state index in [4.69, 9.17) is 32.3 Å². The Morgan fingerprint density at radius 2 is 0.438 bits per heavy atom. The molecule has 0 aliphatic heterocycles. The first-order valence-electron chi connectivity index (χ1n) is 48.8. The van der Waals surface area contributed by atoms with Gasteiger partial charge in [0, 0.05) is 19.3 Å². The molecular formula is C103H178O16P2. The summed E-state index contributed by atoms with van der Waals surface area (Å²) < 4.78 is 61.6. The maximum Gasteiger partial charge on any atom is 0.472 e. The molecule has 0 saturated carbocycles. The van der Waals surface area contributed by atoms with E-state index >= 15 is 0 Å². The van der Waals surface area contributed by atoms with Gasteiger partial charge in [0.1, 0.15) is 25.4 Å². The van der Waals surface area contributed by atoms with Crippen LogP contribution in [0.2, 0.25) is 0 Å². The smallest absolute Gasteiger partial charge is 0.463 e. The molecule has 0 bridgehead atoms. The predicted molar refractivity (Wildman–Crippen MR) is 509 cm³/mol. The van der Waals surface area contributed by atoms with Crippen LogP contribution in [0.3, 0.4) is 0 Å². The molecule has 696 valence electrons. The molecule has 0 aromatic carbocycles. The minimum absolute atomic E-state index is 0.0881. The Balaban J connectivity index is 4.58. The third-order valence-electron chi connectivity index (χ3n) is 20.7. The summed E-state index contributed by atoms with van der Waals surface area (Å²) in [4.78, 5) is 59.1. The summed E-state index contributed by atoms with van der Waals surface area (Å²) >= 11 is 0. The zero-order chi connectivity index (χ0) is 87.9. The van der Waals surface area contributed by atoms with Crippen LogP contribution < -0.4 is 0 Å². The lowest BCUT2D eigenvalue weighted by Crippen LogP contribution is -2.30. The van der Waals surface area contributed by atoms with Crippen molar-refractivity contribution < 1.29 is 75.8 Å². The third-order valence-corrected chi connectivity index (χ3v) is 22.6. The van der Waals surface area contributed by atoms with Crippen LogP contribution in [-0.2, 0) is 55.8 Å². The topological polar surface area (TPSA) is 231 Å². The van der Waals surface area contributed by atoms with Crippen molar-refractivity contribution in [1.82, 2.24) is 0 Å². The highest BCUT2D eigenvalue weighted by atomic mass is 31.2. The van der Waals surface area contributed by atoms with Gasteiger partial charge in [-0.15, -0.1) is 0 Å². The molecule has 0 aromatic heterocycles. The molecule has 0 aromatic rings. The first kappa shape index (κ1) is 116. The molecule has 0 heterocycles. The largest absolute Gasteiger partial charge is 0.472 e. The second-order valence-electron chi connectivity index (χ2n) is 32.5. The van der Waals surface area contributed by atoms with E-state index in [1.807, 2.05) is 0 Å². The second kappa shape index (κ2) is 94.3. The fraction of sp³-hybridized carbons (Fsp3) is 0.718. The van der Waals surface area contributed by atoms with Crippen LogP contribution in [0.25, 0.3) is 0 Å². The first-order chi connectivity index (χ1) is 59.2. The molecule has 18 heteroatoms. The Kier molecular flexibility index (Phi) is 90.5. The number of hydrogen-bond acceptors (Lipinski definition) is 14. The summed E-state index contributed by atoms with van der Waals surface area (Å²) in [6.45, 7) is 2.56. The van der Waals surface area contributed by atoms with Gasteiger partial charge < -0.3 is 34.2 Å². The Morgan fingerprint density at radius 1 is 0.240 bits per heavy atom. The van der Waals surface area contributed by atoms with Gasteiger partial charge in [0.2, 0.25) is 0 Å².